The first-order valence-electron chi connectivity index (χ1n) is 4.37. The van der Waals surface area contributed by atoms with E-state index in [0.717, 1.165) is 4.90 Å². The minimum atomic E-state index is -0.228. The Kier molecular flexibility index (Phi) is 5.29. The van der Waals surface area contributed by atoms with E-state index >= 15 is 0 Å². The molecule has 0 bridgehead atoms. The molecule has 0 saturated heterocycles. The van der Waals surface area contributed by atoms with Gasteiger partial charge in [-0.1, -0.05) is 23.2 Å². The fourth-order valence-electron chi connectivity index (χ4n) is 0.912. The zero-order chi connectivity index (χ0) is 11.3. The van der Waals surface area contributed by atoms with Crippen molar-refractivity contribution < 1.29 is 9.53 Å². The molecule has 0 atom stereocenters. The van der Waals surface area contributed by atoms with Crippen LogP contribution in [0.4, 0.5) is 0 Å². The molecule has 0 aliphatic carbocycles. The molecule has 5 heteroatoms. The number of halogens is 2. The van der Waals surface area contributed by atoms with Gasteiger partial charge >= 0.3 is 5.97 Å². The lowest BCUT2D eigenvalue weighted by molar-refractivity contribution is -0.139. The fourth-order valence-corrected chi connectivity index (χ4v) is 2.01. The van der Waals surface area contributed by atoms with Gasteiger partial charge in [-0.05, 0) is 25.1 Å². The van der Waals surface area contributed by atoms with Crippen LogP contribution >= 0.6 is 35.0 Å². The summed E-state index contributed by atoms with van der Waals surface area (Å²) in [6.45, 7) is 2.18. The van der Waals surface area contributed by atoms with Crippen molar-refractivity contribution in [3.63, 3.8) is 0 Å². The molecule has 15 heavy (non-hydrogen) atoms. The number of rotatable bonds is 4. The molecule has 2 nitrogen and oxygen atoms in total. The van der Waals surface area contributed by atoms with Crippen molar-refractivity contribution in [2.24, 2.45) is 0 Å². The van der Waals surface area contributed by atoms with Gasteiger partial charge < -0.3 is 4.74 Å². The van der Waals surface area contributed by atoms with Crippen molar-refractivity contribution >= 4 is 40.9 Å². The molecule has 0 aliphatic rings. The smallest absolute Gasteiger partial charge is 0.316 e. The van der Waals surface area contributed by atoms with Gasteiger partial charge in [0.2, 0.25) is 0 Å². The van der Waals surface area contributed by atoms with Crippen LogP contribution in [0.15, 0.2) is 23.1 Å². The second-order valence-electron chi connectivity index (χ2n) is 2.67. The summed E-state index contributed by atoms with van der Waals surface area (Å²) in [4.78, 5) is 12.0. The van der Waals surface area contributed by atoms with E-state index in [1.54, 1.807) is 19.1 Å². The van der Waals surface area contributed by atoms with Gasteiger partial charge in [-0.25, -0.2) is 0 Å². The number of esters is 1. The van der Waals surface area contributed by atoms with Gasteiger partial charge in [-0.15, -0.1) is 11.8 Å². The van der Waals surface area contributed by atoms with Gasteiger partial charge in [-0.3, -0.25) is 4.79 Å². The molecule has 1 rings (SSSR count). The number of hydrogen-bond acceptors (Lipinski definition) is 3. The molecule has 0 spiro atoms. The topological polar surface area (TPSA) is 26.3 Å². The first-order valence-corrected chi connectivity index (χ1v) is 6.11. The third-order valence-electron chi connectivity index (χ3n) is 1.55. The molecule has 0 unspecified atom stereocenters. The highest BCUT2D eigenvalue weighted by molar-refractivity contribution is 8.00. The maximum absolute atomic E-state index is 11.1. The van der Waals surface area contributed by atoms with Crippen LogP contribution in [-0.4, -0.2) is 18.3 Å². The molecule has 0 radical (unpaired) electrons. The third-order valence-corrected chi connectivity index (χ3v) is 3.26. The molecular weight excluding hydrogens is 255 g/mol. The normalized spacial score (nSPS) is 10.1. The van der Waals surface area contributed by atoms with Gasteiger partial charge in [0.05, 0.1) is 22.4 Å². The number of ether oxygens (including phenoxy) is 1. The maximum atomic E-state index is 11.1. The second kappa shape index (κ2) is 6.26. The highest BCUT2D eigenvalue weighted by atomic mass is 35.5. The molecule has 0 saturated carbocycles. The Bertz CT molecular complexity index is 355. The van der Waals surface area contributed by atoms with E-state index < -0.39 is 0 Å². The summed E-state index contributed by atoms with van der Waals surface area (Å²) < 4.78 is 4.80. The largest absolute Gasteiger partial charge is 0.465 e. The fraction of sp³-hybridized carbons (Fsp3) is 0.300. The quantitative estimate of drug-likeness (QED) is 0.614. The Hall–Kier alpha value is -0.380. The minimum Gasteiger partial charge on any atom is -0.465 e. The number of hydrogen-bond donors (Lipinski definition) is 0. The number of thioether (sulfide) groups is 1. The third kappa shape index (κ3) is 4.33. The molecule has 1 aromatic rings. The maximum Gasteiger partial charge on any atom is 0.316 e. The van der Waals surface area contributed by atoms with Crippen LogP contribution in [0.2, 0.25) is 10.0 Å². The van der Waals surface area contributed by atoms with Crippen molar-refractivity contribution in [3.05, 3.63) is 28.2 Å². The summed E-state index contributed by atoms with van der Waals surface area (Å²) in [5, 5.41) is 1.00. The van der Waals surface area contributed by atoms with Crippen LogP contribution in [0.3, 0.4) is 0 Å². The van der Waals surface area contributed by atoms with E-state index in [2.05, 4.69) is 0 Å². The Labute approximate surface area is 103 Å². The van der Waals surface area contributed by atoms with Crippen molar-refractivity contribution in [1.29, 1.82) is 0 Å². The van der Waals surface area contributed by atoms with E-state index in [-0.39, 0.29) is 11.7 Å². The molecular formula is C10H10Cl2O2S. The summed E-state index contributed by atoms with van der Waals surface area (Å²) >= 11 is 13.0. The lowest BCUT2D eigenvalue weighted by Gasteiger charge is -2.03. The van der Waals surface area contributed by atoms with E-state index in [0.29, 0.717) is 16.7 Å². The van der Waals surface area contributed by atoms with Crippen LogP contribution < -0.4 is 0 Å². The van der Waals surface area contributed by atoms with Crippen molar-refractivity contribution in [3.8, 4) is 0 Å². The molecule has 0 N–H and O–H groups in total. The SMILES string of the molecule is CCOC(=O)CSc1ccc(Cl)c(Cl)c1. The standard InChI is InChI=1S/C10H10Cl2O2S/c1-2-14-10(13)6-15-7-3-4-8(11)9(12)5-7/h3-5H,2,6H2,1H3. The molecule has 0 aromatic heterocycles. The second-order valence-corrected chi connectivity index (χ2v) is 4.53. The number of carbonyl (C=O) groups excluding carboxylic acids is 1. The molecule has 0 heterocycles. The molecule has 82 valence electrons. The monoisotopic (exact) mass is 264 g/mol. The minimum absolute atomic E-state index is 0.228. The Balaban J connectivity index is 2.51. The highest BCUT2D eigenvalue weighted by Gasteiger charge is 2.04. The molecule has 0 fully saturated rings. The van der Waals surface area contributed by atoms with Gasteiger partial charge in [0.25, 0.3) is 0 Å². The van der Waals surface area contributed by atoms with Crippen LogP contribution in [0.5, 0.6) is 0 Å². The average molecular weight is 265 g/mol. The van der Waals surface area contributed by atoms with Gasteiger partial charge in [0, 0.05) is 4.90 Å². The zero-order valence-corrected chi connectivity index (χ0v) is 10.5. The molecule has 0 aliphatic heterocycles. The summed E-state index contributed by atoms with van der Waals surface area (Å²) in [5.74, 6) is 0.0554. The van der Waals surface area contributed by atoms with Gasteiger partial charge in [0.1, 0.15) is 0 Å². The first kappa shape index (κ1) is 12.7. The highest BCUT2D eigenvalue weighted by Crippen LogP contribution is 2.27. The van der Waals surface area contributed by atoms with E-state index in [1.807, 2.05) is 6.07 Å². The van der Waals surface area contributed by atoms with Crippen molar-refractivity contribution in [1.82, 2.24) is 0 Å². The van der Waals surface area contributed by atoms with E-state index in [1.165, 1.54) is 11.8 Å². The Morgan fingerprint density at radius 2 is 2.13 bits per heavy atom. The lowest BCUT2D eigenvalue weighted by atomic mass is 10.4. The number of benzene rings is 1. The zero-order valence-electron chi connectivity index (χ0n) is 8.13. The molecule has 1 aromatic carbocycles. The lowest BCUT2D eigenvalue weighted by Crippen LogP contribution is -2.06. The Morgan fingerprint density at radius 3 is 2.73 bits per heavy atom. The van der Waals surface area contributed by atoms with Crippen LogP contribution in [0.25, 0.3) is 0 Å². The predicted octanol–water partition coefficient (Wildman–Crippen LogP) is 3.65. The van der Waals surface area contributed by atoms with E-state index in [9.17, 15) is 4.79 Å². The summed E-state index contributed by atoms with van der Waals surface area (Å²) in [7, 11) is 0. The molecule has 0 amide bonds. The van der Waals surface area contributed by atoms with E-state index in [4.69, 9.17) is 27.9 Å². The van der Waals surface area contributed by atoms with Crippen LogP contribution in [-0.2, 0) is 9.53 Å². The summed E-state index contributed by atoms with van der Waals surface area (Å²) in [5.41, 5.74) is 0. The van der Waals surface area contributed by atoms with Crippen LogP contribution in [0.1, 0.15) is 6.92 Å². The van der Waals surface area contributed by atoms with Crippen molar-refractivity contribution in [2.75, 3.05) is 12.4 Å². The number of carbonyl (C=O) groups is 1. The summed E-state index contributed by atoms with van der Waals surface area (Å²) in [6.07, 6.45) is 0. The van der Waals surface area contributed by atoms with Gasteiger partial charge in [0.15, 0.2) is 0 Å². The van der Waals surface area contributed by atoms with Crippen molar-refractivity contribution in [2.45, 2.75) is 11.8 Å². The van der Waals surface area contributed by atoms with Crippen LogP contribution in [0, 0.1) is 0 Å². The first-order chi connectivity index (χ1) is 7.13. The Morgan fingerprint density at radius 1 is 1.40 bits per heavy atom. The summed E-state index contributed by atoms with van der Waals surface area (Å²) in [6, 6.07) is 5.25. The average Bonchev–Trinajstić information content (AvgIpc) is 2.20. The van der Waals surface area contributed by atoms with Gasteiger partial charge in [-0.2, -0.15) is 0 Å². The predicted molar refractivity (Wildman–Crippen MR) is 63.8 cm³/mol.